The minimum atomic E-state index is 0.640. The monoisotopic (exact) mass is 263 g/mol. The number of hydrogen-bond donors (Lipinski definition) is 1. The van der Waals surface area contributed by atoms with Gasteiger partial charge in [-0.3, -0.25) is 4.68 Å². The van der Waals surface area contributed by atoms with Crippen LogP contribution < -0.4 is 5.32 Å². The number of nitrogens with one attached hydrogen (secondary N) is 1. The predicted octanol–water partition coefficient (Wildman–Crippen LogP) is 3.40. The zero-order valence-corrected chi connectivity index (χ0v) is 13.0. The van der Waals surface area contributed by atoms with Gasteiger partial charge >= 0.3 is 0 Å². The summed E-state index contributed by atoms with van der Waals surface area (Å²) < 4.78 is 2.34. The average Bonchev–Trinajstić information content (AvgIpc) is 2.72. The number of hydrogen-bond acceptors (Lipinski definition) is 2. The predicted molar refractivity (Wildman–Crippen MR) is 80.6 cm³/mol. The van der Waals surface area contributed by atoms with Crippen molar-refractivity contribution in [3.05, 3.63) is 17.0 Å². The zero-order chi connectivity index (χ0) is 13.8. The molecule has 1 heterocycles. The lowest BCUT2D eigenvalue weighted by molar-refractivity contribution is 0.244. The second-order valence-electron chi connectivity index (χ2n) is 6.04. The molecule has 3 heteroatoms. The van der Waals surface area contributed by atoms with Crippen molar-refractivity contribution in [2.45, 2.75) is 65.3 Å². The van der Waals surface area contributed by atoms with E-state index in [0.717, 1.165) is 18.9 Å². The molecule has 0 aliphatic heterocycles. The topological polar surface area (TPSA) is 29.9 Å². The van der Waals surface area contributed by atoms with Gasteiger partial charge in [0, 0.05) is 5.69 Å². The highest BCUT2D eigenvalue weighted by atomic mass is 15.3. The molecule has 0 amide bonds. The van der Waals surface area contributed by atoms with E-state index in [1.54, 1.807) is 0 Å². The van der Waals surface area contributed by atoms with Crippen molar-refractivity contribution in [1.29, 1.82) is 0 Å². The Labute approximate surface area is 117 Å². The third-order valence-electron chi connectivity index (χ3n) is 4.78. The van der Waals surface area contributed by atoms with Crippen molar-refractivity contribution in [2.75, 3.05) is 13.6 Å². The van der Waals surface area contributed by atoms with Crippen LogP contribution in [0.2, 0.25) is 0 Å². The van der Waals surface area contributed by atoms with Crippen LogP contribution in [0.1, 0.15) is 62.0 Å². The molecule has 1 aromatic rings. The molecular formula is C16H29N3. The van der Waals surface area contributed by atoms with Gasteiger partial charge in [0.25, 0.3) is 0 Å². The van der Waals surface area contributed by atoms with E-state index in [4.69, 9.17) is 5.10 Å². The summed E-state index contributed by atoms with van der Waals surface area (Å²) in [7, 11) is 2.02. The van der Waals surface area contributed by atoms with Gasteiger partial charge in [-0.25, -0.2) is 0 Å². The van der Waals surface area contributed by atoms with Crippen LogP contribution in [0.5, 0.6) is 0 Å². The van der Waals surface area contributed by atoms with Gasteiger partial charge in [0.15, 0.2) is 0 Å². The Bertz CT molecular complexity index is 408. The van der Waals surface area contributed by atoms with Gasteiger partial charge in [-0.05, 0) is 58.2 Å². The molecule has 0 radical (unpaired) electrons. The molecule has 1 aliphatic carbocycles. The molecule has 0 aromatic carbocycles. The van der Waals surface area contributed by atoms with E-state index in [1.807, 2.05) is 7.05 Å². The summed E-state index contributed by atoms with van der Waals surface area (Å²) in [5, 5.41) is 8.08. The molecule has 1 aromatic heterocycles. The number of aryl methyl sites for hydroxylation is 1. The van der Waals surface area contributed by atoms with Crippen LogP contribution >= 0.6 is 0 Å². The Balaban J connectivity index is 2.15. The van der Waals surface area contributed by atoms with Crippen LogP contribution in [0.4, 0.5) is 0 Å². The third-order valence-corrected chi connectivity index (χ3v) is 4.78. The molecular weight excluding hydrogens is 234 g/mol. The van der Waals surface area contributed by atoms with E-state index in [9.17, 15) is 0 Å². The smallest absolute Gasteiger partial charge is 0.0629 e. The molecule has 19 heavy (non-hydrogen) atoms. The summed E-state index contributed by atoms with van der Waals surface area (Å²) in [6.07, 6.45) is 7.83. The van der Waals surface area contributed by atoms with Gasteiger partial charge in [0.05, 0.1) is 11.7 Å². The summed E-state index contributed by atoms with van der Waals surface area (Å²) in [5.74, 6) is 0.906. The minimum Gasteiger partial charge on any atom is -0.319 e. The molecule has 3 nitrogen and oxygen atoms in total. The lowest BCUT2D eigenvalue weighted by Gasteiger charge is -2.29. The lowest BCUT2D eigenvalue weighted by atomic mass is 9.84. The van der Waals surface area contributed by atoms with Gasteiger partial charge in [-0.15, -0.1) is 0 Å². The summed E-state index contributed by atoms with van der Waals surface area (Å²) in [6.45, 7) is 7.78. The number of nitrogens with zero attached hydrogens (tertiary/aromatic N) is 2. The Kier molecular flexibility index (Phi) is 5.03. The quantitative estimate of drug-likeness (QED) is 0.882. The first kappa shape index (κ1) is 14.6. The van der Waals surface area contributed by atoms with Crippen LogP contribution in [-0.2, 0) is 6.42 Å². The van der Waals surface area contributed by atoms with Gasteiger partial charge in [-0.1, -0.05) is 26.2 Å². The van der Waals surface area contributed by atoms with E-state index in [0.29, 0.717) is 6.04 Å². The highest BCUT2D eigenvalue weighted by molar-refractivity contribution is 5.25. The molecule has 2 unspecified atom stereocenters. The fraction of sp³-hybridized carbons (Fsp3) is 0.812. The maximum Gasteiger partial charge on any atom is 0.0629 e. The van der Waals surface area contributed by atoms with Crippen molar-refractivity contribution in [3.8, 4) is 0 Å². The van der Waals surface area contributed by atoms with Crippen LogP contribution in [0.25, 0.3) is 0 Å². The van der Waals surface area contributed by atoms with Gasteiger partial charge in [0.2, 0.25) is 0 Å². The first-order valence-corrected chi connectivity index (χ1v) is 7.86. The van der Waals surface area contributed by atoms with Crippen molar-refractivity contribution in [3.63, 3.8) is 0 Å². The first-order valence-electron chi connectivity index (χ1n) is 7.86. The minimum absolute atomic E-state index is 0.640. The van der Waals surface area contributed by atoms with Crippen molar-refractivity contribution < 1.29 is 0 Å². The van der Waals surface area contributed by atoms with Crippen molar-refractivity contribution in [1.82, 2.24) is 15.1 Å². The molecule has 2 atom stereocenters. The molecule has 1 N–H and O–H groups in total. The fourth-order valence-electron chi connectivity index (χ4n) is 3.52. The number of likely N-dealkylation sites (N-methyl/N-ethyl adjacent to an activating group) is 1. The molecule has 0 saturated heterocycles. The molecule has 0 spiro atoms. The largest absolute Gasteiger partial charge is 0.319 e. The normalized spacial score (nSPS) is 23.8. The number of rotatable bonds is 5. The van der Waals surface area contributed by atoms with Crippen molar-refractivity contribution in [2.24, 2.45) is 5.92 Å². The van der Waals surface area contributed by atoms with E-state index < -0.39 is 0 Å². The Morgan fingerprint density at radius 1 is 1.32 bits per heavy atom. The van der Waals surface area contributed by atoms with Gasteiger partial charge in [0.1, 0.15) is 0 Å². The maximum absolute atomic E-state index is 4.84. The van der Waals surface area contributed by atoms with Crippen LogP contribution in [0.3, 0.4) is 0 Å². The lowest BCUT2D eigenvalue weighted by Crippen LogP contribution is -2.21. The van der Waals surface area contributed by atoms with Crippen LogP contribution in [-0.4, -0.2) is 23.4 Å². The van der Waals surface area contributed by atoms with E-state index in [1.165, 1.54) is 49.1 Å². The first-order chi connectivity index (χ1) is 9.17. The fourth-order valence-corrected chi connectivity index (χ4v) is 3.52. The summed E-state index contributed by atoms with van der Waals surface area (Å²) in [4.78, 5) is 0. The standard InChI is InChI=1S/C16H29N3/c1-5-14-7-6-8-15(11-14)19-13(3)16(9-10-17-4)12(2)18-19/h14-15,17H,5-11H2,1-4H3. The van der Waals surface area contributed by atoms with E-state index in [2.05, 4.69) is 30.8 Å². The van der Waals surface area contributed by atoms with E-state index in [-0.39, 0.29) is 0 Å². The summed E-state index contributed by atoms with van der Waals surface area (Å²) >= 11 is 0. The second-order valence-corrected chi connectivity index (χ2v) is 6.04. The summed E-state index contributed by atoms with van der Waals surface area (Å²) in [6, 6.07) is 0.640. The van der Waals surface area contributed by atoms with Crippen LogP contribution in [0, 0.1) is 19.8 Å². The number of aromatic nitrogens is 2. The molecule has 2 rings (SSSR count). The molecule has 1 saturated carbocycles. The van der Waals surface area contributed by atoms with Gasteiger partial charge < -0.3 is 5.32 Å². The SMILES string of the molecule is CCC1CCCC(n2nc(C)c(CCNC)c2C)C1. The summed E-state index contributed by atoms with van der Waals surface area (Å²) in [5.41, 5.74) is 4.08. The third kappa shape index (κ3) is 3.19. The molecule has 1 fully saturated rings. The molecule has 0 bridgehead atoms. The van der Waals surface area contributed by atoms with E-state index >= 15 is 0 Å². The van der Waals surface area contributed by atoms with Gasteiger partial charge in [-0.2, -0.15) is 5.10 Å². The Hall–Kier alpha value is -0.830. The highest BCUT2D eigenvalue weighted by Crippen LogP contribution is 2.35. The second kappa shape index (κ2) is 6.56. The highest BCUT2D eigenvalue weighted by Gasteiger charge is 2.25. The molecule has 1 aliphatic rings. The Morgan fingerprint density at radius 2 is 2.11 bits per heavy atom. The van der Waals surface area contributed by atoms with Crippen LogP contribution in [0.15, 0.2) is 0 Å². The molecule has 108 valence electrons. The van der Waals surface area contributed by atoms with Crippen molar-refractivity contribution >= 4 is 0 Å². The zero-order valence-electron chi connectivity index (χ0n) is 13.0. The average molecular weight is 263 g/mol. The Morgan fingerprint density at radius 3 is 2.79 bits per heavy atom. The maximum atomic E-state index is 4.84.